The Kier molecular flexibility index (Phi) is 5.49. The summed E-state index contributed by atoms with van der Waals surface area (Å²) < 4.78 is 6.92. The summed E-state index contributed by atoms with van der Waals surface area (Å²) >= 11 is 0. The van der Waals surface area contributed by atoms with Gasteiger partial charge in [-0.2, -0.15) is 5.10 Å². The van der Waals surface area contributed by atoms with Gasteiger partial charge in [-0.05, 0) is 34.9 Å². The molecule has 1 aromatic heterocycles. The van der Waals surface area contributed by atoms with Crippen LogP contribution in [0.2, 0.25) is 0 Å². The molecule has 0 aliphatic carbocycles. The van der Waals surface area contributed by atoms with Crippen molar-refractivity contribution in [1.29, 1.82) is 0 Å². The number of methoxy groups -OCH3 is 1. The van der Waals surface area contributed by atoms with E-state index in [1.54, 1.807) is 17.9 Å². The number of aryl methyl sites for hydroxylation is 1. The zero-order chi connectivity index (χ0) is 24.9. The number of likely N-dealkylation sites (tertiary alicyclic amines) is 1. The summed E-state index contributed by atoms with van der Waals surface area (Å²) in [6, 6.07) is 11.5. The Morgan fingerprint density at radius 1 is 1.14 bits per heavy atom. The molecule has 2 aliphatic rings. The molecule has 9 heteroatoms. The fraction of sp³-hybridized carbons (Fsp3) is 0.231. The molecule has 35 heavy (non-hydrogen) atoms. The molecule has 3 heterocycles. The van der Waals surface area contributed by atoms with Gasteiger partial charge in [0.05, 0.1) is 23.9 Å². The normalized spacial score (nSPS) is 15.2. The van der Waals surface area contributed by atoms with Crippen molar-refractivity contribution in [1.82, 2.24) is 24.9 Å². The largest absolute Gasteiger partial charge is 0.378 e. The molecule has 0 spiro atoms. The smallest absolute Gasteiger partial charge is 0.271 e. The topological polar surface area (TPSA) is 96.8 Å². The van der Waals surface area contributed by atoms with Gasteiger partial charge in [-0.25, -0.2) is 0 Å². The van der Waals surface area contributed by atoms with Crippen molar-refractivity contribution in [3.63, 3.8) is 0 Å². The predicted molar refractivity (Wildman–Crippen MR) is 130 cm³/mol. The number of aromatic nitrogens is 2. The highest BCUT2D eigenvalue weighted by atomic mass is 16.5. The minimum Gasteiger partial charge on any atom is -0.378 e. The molecule has 5 rings (SSSR count). The van der Waals surface area contributed by atoms with Crippen molar-refractivity contribution in [2.45, 2.75) is 12.6 Å². The lowest BCUT2D eigenvalue weighted by Gasteiger charge is -2.38. The number of ether oxygens (including phenoxy) is 1. The standard InChI is InChI=1S/C26H25N5O4/c1-15(25(33)30-12-19(13-30)35-4)27-24(32)16(2)31-14-22-20(6-5-7-21(22)26(31)34)17-8-9-23-18(10-17)11-29(3)28-23/h5-11,19H,1-2,12-14H2,3-4H3,(H,27,32). The highest BCUT2D eigenvalue weighted by Crippen LogP contribution is 2.35. The molecule has 3 aromatic rings. The second-order valence-electron chi connectivity index (χ2n) is 8.75. The number of nitrogens with zero attached hydrogens (tertiary/aromatic N) is 4. The number of fused-ring (bicyclic) bond motifs is 2. The van der Waals surface area contributed by atoms with E-state index in [1.165, 1.54) is 9.80 Å². The maximum Gasteiger partial charge on any atom is 0.271 e. The fourth-order valence-corrected chi connectivity index (χ4v) is 4.47. The first-order valence-corrected chi connectivity index (χ1v) is 11.2. The first kappa shape index (κ1) is 22.5. The number of rotatable bonds is 6. The van der Waals surface area contributed by atoms with Crippen LogP contribution in [-0.2, 0) is 27.9 Å². The average Bonchev–Trinajstić information content (AvgIpc) is 3.35. The molecule has 1 N–H and O–H groups in total. The highest BCUT2D eigenvalue weighted by Gasteiger charge is 2.35. The third kappa shape index (κ3) is 3.89. The van der Waals surface area contributed by atoms with Gasteiger partial charge in [0, 0.05) is 44.4 Å². The van der Waals surface area contributed by atoms with Crippen LogP contribution < -0.4 is 5.32 Å². The van der Waals surface area contributed by atoms with Crippen LogP contribution in [0.4, 0.5) is 0 Å². The van der Waals surface area contributed by atoms with Gasteiger partial charge in [0.15, 0.2) is 0 Å². The van der Waals surface area contributed by atoms with E-state index in [-0.39, 0.29) is 35.9 Å². The van der Waals surface area contributed by atoms with E-state index < -0.39 is 5.91 Å². The number of nitrogens with one attached hydrogen (secondary N) is 1. The molecule has 0 unspecified atom stereocenters. The number of hydrogen-bond donors (Lipinski definition) is 1. The summed E-state index contributed by atoms with van der Waals surface area (Å²) in [5.74, 6) is -1.35. The van der Waals surface area contributed by atoms with Crippen LogP contribution in [0.3, 0.4) is 0 Å². The van der Waals surface area contributed by atoms with Crippen LogP contribution in [0.15, 0.2) is 67.1 Å². The van der Waals surface area contributed by atoms with Gasteiger partial charge in [-0.1, -0.05) is 31.4 Å². The van der Waals surface area contributed by atoms with Crippen molar-refractivity contribution in [3.05, 3.63) is 78.3 Å². The minimum atomic E-state index is -0.647. The lowest BCUT2D eigenvalue weighted by molar-refractivity contribution is -0.139. The Balaban J connectivity index is 1.32. The Bertz CT molecular complexity index is 1420. The lowest BCUT2D eigenvalue weighted by atomic mass is 9.96. The van der Waals surface area contributed by atoms with Gasteiger partial charge >= 0.3 is 0 Å². The lowest BCUT2D eigenvalue weighted by Crippen LogP contribution is -2.56. The minimum absolute atomic E-state index is 0.00814. The third-order valence-corrected chi connectivity index (χ3v) is 6.48. The number of hydrogen-bond acceptors (Lipinski definition) is 5. The molecular weight excluding hydrogens is 446 g/mol. The molecule has 0 saturated carbocycles. The summed E-state index contributed by atoms with van der Waals surface area (Å²) in [6.07, 6.45) is 1.93. The highest BCUT2D eigenvalue weighted by molar-refractivity contribution is 6.08. The molecule has 1 fully saturated rings. The number of carbonyl (C=O) groups is 3. The van der Waals surface area contributed by atoms with E-state index in [0.29, 0.717) is 18.7 Å². The molecular formula is C26H25N5O4. The fourth-order valence-electron chi connectivity index (χ4n) is 4.47. The third-order valence-electron chi connectivity index (χ3n) is 6.48. The Morgan fingerprint density at radius 2 is 1.89 bits per heavy atom. The molecule has 178 valence electrons. The second-order valence-corrected chi connectivity index (χ2v) is 8.75. The van der Waals surface area contributed by atoms with Crippen LogP contribution in [0, 0.1) is 0 Å². The van der Waals surface area contributed by atoms with E-state index >= 15 is 0 Å². The van der Waals surface area contributed by atoms with Gasteiger partial charge in [-0.15, -0.1) is 0 Å². The molecule has 1 saturated heterocycles. The zero-order valence-corrected chi connectivity index (χ0v) is 19.6. The molecule has 0 radical (unpaired) electrons. The van der Waals surface area contributed by atoms with Crippen molar-refractivity contribution in [2.24, 2.45) is 7.05 Å². The monoisotopic (exact) mass is 471 g/mol. The maximum absolute atomic E-state index is 13.2. The maximum atomic E-state index is 13.2. The molecule has 0 atom stereocenters. The Hall–Kier alpha value is -4.24. The quantitative estimate of drug-likeness (QED) is 0.556. The Labute approximate surface area is 202 Å². The average molecular weight is 472 g/mol. The predicted octanol–water partition coefficient (Wildman–Crippen LogP) is 2.20. The molecule has 9 nitrogen and oxygen atoms in total. The van der Waals surface area contributed by atoms with Crippen molar-refractivity contribution in [2.75, 3.05) is 20.2 Å². The first-order valence-electron chi connectivity index (χ1n) is 11.2. The van der Waals surface area contributed by atoms with E-state index in [0.717, 1.165) is 27.6 Å². The number of benzene rings is 2. The van der Waals surface area contributed by atoms with Crippen molar-refractivity contribution in [3.8, 4) is 11.1 Å². The van der Waals surface area contributed by atoms with Crippen LogP contribution in [0.25, 0.3) is 22.0 Å². The van der Waals surface area contributed by atoms with Crippen LogP contribution in [0.1, 0.15) is 15.9 Å². The van der Waals surface area contributed by atoms with E-state index in [9.17, 15) is 14.4 Å². The van der Waals surface area contributed by atoms with Crippen LogP contribution in [0.5, 0.6) is 0 Å². The number of carbonyl (C=O) groups excluding carboxylic acids is 3. The van der Waals surface area contributed by atoms with Crippen LogP contribution >= 0.6 is 0 Å². The second kappa shape index (κ2) is 8.52. The van der Waals surface area contributed by atoms with Crippen molar-refractivity contribution >= 4 is 28.6 Å². The summed E-state index contributed by atoms with van der Waals surface area (Å²) in [4.78, 5) is 41.3. The van der Waals surface area contributed by atoms with Gasteiger partial charge in [-0.3, -0.25) is 24.0 Å². The summed E-state index contributed by atoms with van der Waals surface area (Å²) in [7, 11) is 3.45. The van der Waals surface area contributed by atoms with Crippen LogP contribution in [-0.4, -0.2) is 63.6 Å². The first-order chi connectivity index (χ1) is 16.8. The van der Waals surface area contributed by atoms with E-state index in [4.69, 9.17) is 4.74 Å². The summed E-state index contributed by atoms with van der Waals surface area (Å²) in [5.41, 5.74) is 3.96. The Morgan fingerprint density at radius 3 is 2.63 bits per heavy atom. The summed E-state index contributed by atoms with van der Waals surface area (Å²) in [6.45, 7) is 8.59. The SMILES string of the molecule is C=C(NC(=O)C(=C)N1Cc2c(cccc2-c2ccc3nn(C)cc3c2)C1=O)C(=O)N1CC(OC)C1. The molecule has 2 aliphatic heterocycles. The van der Waals surface area contributed by atoms with Gasteiger partial charge in [0.2, 0.25) is 0 Å². The number of amides is 3. The van der Waals surface area contributed by atoms with Gasteiger partial charge in [0.25, 0.3) is 17.7 Å². The molecule has 2 aromatic carbocycles. The molecule has 3 amide bonds. The van der Waals surface area contributed by atoms with Gasteiger partial charge < -0.3 is 15.0 Å². The van der Waals surface area contributed by atoms with Gasteiger partial charge in [0.1, 0.15) is 5.70 Å². The van der Waals surface area contributed by atoms with E-state index in [1.807, 2.05) is 43.6 Å². The molecule has 0 bridgehead atoms. The zero-order valence-electron chi connectivity index (χ0n) is 19.6. The van der Waals surface area contributed by atoms with E-state index in [2.05, 4.69) is 23.6 Å². The summed E-state index contributed by atoms with van der Waals surface area (Å²) in [5, 5.41) is 7.89. The van der Waals surface area contributed by atoms with Crippen molar-refractivity contribution < 1.29 is 19.1 Å².